The zero-order valence-corrected chi connectivity index (χ0v) is 13.6. The summed E-state index contributed by atoms with van der Waals surface area (Å²) in [7, 11) is 0. The third-order valence-corrected chi connectivity index (χ3v) is 3.92. The number of hydrogen-bond acceptors (Lipinski definition) is 3. The number of aromatic nitrogens is 2. The van der Waals surface area contributed by atoms with Gasteiger partial charge in [0.1, 0.15) is 5.65 Å². The number of carbonyl (C=O) groups excluding carboxylic acids is 1. The molecule has 1 amide bonds. The van der Waals surface area contributed by atoms with E-state index in [-0.39, 0.29) is 18.4 Å². The number of benzene rings is 1. The molecule has 2 unspecified atom stereocenters. The number of amides is 1. The van der Waals surface area contributed by atoms with Crippen LogP contribution in [0.3, 0.4) is 0 Å². The van der Waals surface area contributed by atoms with Crippen molar-refractivity contribution >= 4 is 11.6 Å². The number of imidazole rings is 1. The predicted molar refractivity (Wildman–Crippen MR) is 92.5 cm³/mol. The van der Waals surface area contributed by atoms with Gasteiger partial charge in [0.15, 0.2) is 0 Å². The zero-order valence-electron chi connectivity index (χ0n) is 13.6. The lowest BCUT2D eigenvalue weighted by Gasteiger charge is -2.18. The van der Waals surface area contributed by atoms with E-state index in [1.807, 2.05) is 72.2 Å². The highest BCUT2D eigenvalue weighted by molar-refractivity contribution is 5.78. The highest BCUT2D eigenvalue weighted by atomic mass is 16.3. The van der Waals surface area contributed by atoms with Crippen molar-refractivity contribution < 1.29 is 9.90 Å². The minimum atomic E-state index is -0.586. The SMILES string of the molecule is CC(CC(O)c1ccccc1)NC(=O)Cc1cn2ccccc2n1. The average molecular weight is 323 g/mol. The molecule has 2 heterocycles. The standard InChI is InChI=1S/C19H21N3O2/c1-14(11-17(23)15-7-3-2-4-8-15)20-19(24)12-16-13-22-10-6-5-9-18(22)21-16/h2-10,13-14,17,23H,11-12H2,1H3,(H,20,24). The van der Waals surface area contributed by atoms with Crippen molar-refractivity contribution in [1.29, 1.82) is 0 Å². The fraction of sp³-hybridized carbons (Fsp3) is 0.263. The summed E-state index contributed by atoms with van der Waals surface area (Å²) >= 11 is 0. The van der Waals surface area contributed by atoms with Gasteiger partial charge in [0.05, 0.1) is 18.2 Å². The highest BCUT2D eigenvalue weighted by Gasteiger charge is 2.15. The van der Waals surface area contributed by atoms with Gasteiger partial charge in [-0.25, -0.2) is 4.98 Å². The van der Waals surface area contributed by atoms with Crippen molar-refractivity contribution in [2.24, 2.45) is 0 Å². The molecule has 0 radical (unpaired) electrons. The van der Waals surface area contributed by atoms with Gasteiger partial charge in [0.25, 0.3) is 0 Å². The second-order valence-electron chi connectivity index (χ2n) is 6.01. The number of rotatable bonds is 6. The van der Waals surface area contributed by atoms with E-state index in [0.717, 1.165) is 16.9 Å². The van der Waals surface area contributed by atoms with Gasteiger partial charge in [-0.3, -0.25) is 4.79 Å². The summed E-state index contributed by atoms with van der Waals surface area (Å²) in [4.78, 5) is 16.6. The molecule has 3 aromatic rings. The molecule has 0 fully saturated rings. The quantitative estimate of drug-likeness (QED) is 0.732. The van der Waals surface area contributed by atoms with E-state index in [4.69, 9.17) is 0 Å². The van der Waals surface area contributed by atoms with Gasteiger partial charge in [-0.05, 0) is 31.0 Å². The van der Waals surface area contributed by atoms with Gasteiger partial charge in [-0.2, -0.15) is 0 Å². The fourth-order valence-corrected chi connectivity index (χ4v) is 2.77. The second kappa shape index (κ2) is 7.27. The van der Waals surface area contributed by atoms with Crippen molar-refractivity contribution in [3.05, 3.63) is 72.2 Å². The number of carbonyl (C=O) groups is 1. The van der Waals surface area contributed by atoms with Gasteiger partial charge >= 0.3 is 0 Å². The highest BCUT2D eigenvalue weighted by Crippen LogP contribution is 2.17. The zero-order chi connectivity index (χ0) is 16.9. The lowest BCUT2D eigenvalue weighted by Crippen LogP contribution is -2.34. The van der Waals surface area contributed by atoms with Gasteiger partial charge < -0.3 is 14.8 Å². The Morgan fingerprint density at radius 3 is 2.71 bits per heavy atom. The molecule has 0 saturated heterocycles. The first-order chi connectivity index (χ1) is 11.6. The smallest absolute Gasteiger partial charge is 0.226 e. The molecule has 0 saturated carbocycles. The summed E-state index contributed by atoms with van der Waals surface area (Å²) < 4.78 is 1.89. The number of nitrogens with one attached hydrogen (secondary N) is 1. The molecule has 1 aromatic carbocycles. The summed E-state index contributed by atoms with van der Waals surface area (Å²) in [5, 5.41) is 13.1. The Kier molecular flexibility index (Phi) is 4.91. The molecule has 2 aromatic heterocycles. The Balaban J connectivity index is 1.54. The van der Waals surface area contributed by atoms with Crippen molar-refractivity contribution in [3.63, 3.8) is 0 Å². The monoisotopic (exact) mass is 323 g/mol. The molecule has 0 spiro atoms. The van der Waals surface area contributed by atoms with E-state index in [0.29, 0.717) is 6.42 Å². The van der Waals surface area contributed by atoms with Crippen LogP contribution in [0.1, 0.15) is 30.7 Å². The minimum Gasteiger partial charge on any atom is -0.388 e. The lowest BCUT2D eigenvalue weighted by atomic mass is 10.0. The van der Waals surface area contributed by atoms with E-state index in [2.05, 4.69) is 10.3 Å². The summed E-state index contributed by atoms with van der Waals surface area (Å²) in [5.41, 5.74) is 2.42. The van der Waals surface area contributed by atoms with Crippen LogP contribution in [0.5, 0.6) is 0 Å². The van der Waals surface area contributed by atoms with Crippen molar-refractivity contribution in [2.45, 2.75) is 31.9 Å². The number of aliphatic hydroxyl groups is 1. The number of hydrogen-bond donors (Lipinski definition) is 2. The van der Waals surface area contributed by atoms with Crippen molar-refractivity contribution in [3.8, 4) is 0 Å². The van der Waals surface area contributed by atoms with Crippen LogP contribution in [0.2, 0.25) is 0 Å². The van der Waals surface area contributed by atoms with E-state index < -0.39 is 6.10 Å². The van der Waals surface area contributed by atoms with Crippen molar-refractivity contribution in [1.82, 2.24) is 14.7 Å². The van der Waals surface area contributed by atoms with Gasteiger partial charge in [-0.15, -0.1) is 0 Å². The van der Waals surface area contributed by atoms with E-state index in [1.165, 1.54) is 0 Å². The van der Waals surface area contributed by atoms with Crippen LogP contribution in [0.25, 0.3) is 5.65 Å². The molecule has 2 N–H and O–H groups in total. The summed E-state index contributed by atoms with van der Waals surface area (Å²) in [6.07, 6.45) is 3.88. The molecule has 124 valence electrons. The minimum absolute atomic E-state index is 0.0915. The Morgan fingerprint density at radius 1 is 1.21 bits per heavy atom. The molecule has 0 aliphatic heterocycles. The Hall–Kier alpha value is -2.66. The van der Waals surface area contributed by atoms with Crippen molar-refractivity contribution in [2.75, 3.05) is 0 Å². The predicted octanol–water partition coefficient (Wildman–Crippen LogP) is 2.51. The van der Waals surface area contributed by atoms with E-state index in [9.17, 15) is 9.90 Å². The molecule has 0 bridgehead atoms. The second-order valence-corrected chi connectivity index (χ2v) is 6.01. The van der Waals surface area contributed by atoms with Crippen LogP contribution >= 0.6 is 0 Å². The molecular weight excluding hydrogens is 302 g/mol. The third-order valence-electron chi connectivity index (χ3n) is 3.92. The number of nitrogens with zero attached hydrogens (tertiary/aromatic N) is 2. The maximum absolute atomic E-state index is 12.2. The molecule has 5 nitrogen and oxygen atoms in total. The normalized spacial score (nSPS) is 13.6. The first-order valence-electron chi connectivity index (χ1n) is 8.07. The fourth-order valence-electron chi connectivity index (χ4n) is 2.77. The molecule has 0 aliphatic rings. The molecule has 2 atom stereocenters. The van der Waals surface area contributed by atoms with Crippen LogP contribution < -0.4 is 5.32 Å². The van der Waals surface area contributed by atoms with Crippen LogP contribution in [-0.4, -0.2) is 26.4 Å². The number of pyridine rings is 1. The molecule has 0 aliphatic carbocycles. The van der Waals surface area contributed by atoms with Crippen LogP contribution in [0.15, 0.2) is 60.9 Å². The Morgan fingerprint density at radius 2 is 1.96 bits per heavy atom. The lowest BCUT2D eigenvalue weighted by molar-refractivity contribution is -0.121. The molecule has 5 heteroatoms. The molecular formula is C19H21N3O2. The first-order valence-corrected chi connectivity index (χ1v) is 8.07. The number of fused-ring (bicyclic) bond motifs is 1. The largest absolute Gasteiger partial charge is 0.388 e. The molecule has 24 heavy (non-hydrogen) atoms. The topological polar surface area (TPSA) is 66.6 Å². The van der Waals surface area contributed by atoms with E-state index >= 15 is 0 Å². The average Bonchev–Trinajstić information content (AvgIpc) is 2.97. The summed E-state index contributed by atoms with van der Waals surface area (Å²) in [6.45, 7) is 1.90. The van der Waals surface area contributed by atoms with Crippen LogP contribution in [-0.2, 0) is 11.2 Å². The first kappa shape index (κ1) is 16.2. The third kappa shape index (κ3) is 4.00. The number of aliphatic hydroxyl groups excluding tert-OH is 1. The molecule has 3 rings (SSSR count). The maximum Gasteiger partial charge on any atom is 0.226 e. The maximum atomic E-state index is 12.2. The Bertz CT molecular complexity index is 781. The Labute approximate surface area is 141 Å². The van der Waals surface area contributed by atoms with Crippen LogP contribution in [0.4, 0.5) is 0 Å². The van der Waals surface area contributed by atoms with Gasteiger partial charge in [0.2, 0.25) is 5.91 Å². The summed E-state index contributed by atoms with van der Waals surface area (Å²) in [6, 6.07) is 15.1. The van der Waals surface area contributed by atoms with Crippen LogP contribution in [0, 0.1) is 0 Å². The van der Waals surface area contributed by atoms with Gasteiger partial charge in [-0.1, -0.05) is 36.4 Å². The van der Waals surface area contributed by atoms with E-state index in [1.54, 1.807) is 0 Å². The summed E-state index contributed by atoms with van der Waals surface area (Å²) in [5.74, 6) is -0.0915. The van der Waals surface area contributed by atoms with Gasteiger partial charge in [0, 0.05) is 18.4 Å².